The number of rotatable bonds is 7. The molecule has 1 fully saturated rings. The monoisotopic (exact) mass is 432 g/mol. The lowest BCUT2D eigenvalue weighted by Gasteiger charge is -2.26. The van der Waals surface area contributed by atoms with Crippen LogP contribution in [0.4, 0.5) is 8.78 Å². The molecule has 6 nitrogen and oxygen atoms in total. The molecule has 2 aromatic carbocycles. The van der Waals surface area contributed by atoms with Gasteiger partial charge in [-0.05, 0) is 61.6 Å². The largest absolute Gasteiger partial charge is 0.493 e. The summed E-state index contributed by atoms with van der Waals surface area (Å²) in [5, 5.41) is 2.61. The standard InChI is InChI=1S/C23H26F2N2O4/c1-14-6-7-16(11-15(14)2)18-5-4-10-27(18)21(28)13-26-22(29)17-8-9-19(31-23(24)25)20(12-17)30-3/h6-9,11-12,18,23H,4-5,10,13H2,1-3H3,(H,26,29). The van der Waals surface area contributed by atoms with Crippen molar-refractivity contribution in [3.63, 3.8) is 0 Å². The highest BCUT2D eigenvalue weighted by atomic mass is 19.3. The number of aryl methyl sites for hydroxylation is 2. The fourth-order valence-corrected chi connectivity index (χ4v) is 3.75. The minimum Gasteiger partial charge on any atom is -0.493 e. The second-order valence-electron chi connectivity index (χ2n) is 7.52. The Balaban J connectivity index is 1.64. The second-order valence-corrected chi connectivity index (χ2v) is 7.52. The van der Waals surface area contributed by atoms with E-state index in [4.69, 9.17) is 4.74 Å². The molecule has 8 heteroatoms. The summed E-state index contributed by atoms with van der Waals surface area (Å²) in [5.41, 5.74) is 3.66. The molecule has 1 N–H and O–H groups in total. The Bertz CT molecular complexity index is 965. The van der Waals surface area contributed by atoms with Crippen molar-refractivity contribution >= 4 is 11.8 Å². The summed E-state index contributed by atoms with van der Waals surface area (Å²) >= 11 is 0. The van der Waals surface area contributed by atoms with Crippen molar-refractivity contribution in [2.45, 2.75) is 39.3 Å². The summed E-state index contributed by atoms with van der Waals surface area (Å²) in [6.07, 6.45) is 1.78. The molecular formula is C23H26F2N2O4. The van der Waals surface area contributed by atoms with Gasteiger partial charge < -0.3 is 19.7 Å². The number of carbonyl (C=O) groups excluding carboxylic acids is 2. The first kappa shape index (κ1) is 22.5. The number of carbonyl (C=O) groups is 2. The van der Waals surface area contributed by atoms with Crippen LogP contribution in [0.5, 0.6) is 11.5 Å². The average molecular weight is 432 g/mol. The number of nitrogens with zero attached hydrogens (tertiary/aromatic N) is 1. The van der Waals surface area contributed by atoms with Crippen LogP contribution in [0.25, 0.3) is 0 Å². The molecule has 0 radical (unpaired) electrons. The van der Waals surface area contributed by atoms with Gasteiger partial charge in [0.05, 0.1) is 19.7 Å². The van der Waals surface area contributed by atoms with E-state index in [0.29, 0.717) is 6.54 Å². The third-order valence-electron chi connectivity index (χ3n) is 5.53. The van der Waals surface area contributed by atoms with Crippen molar-refractivity contribution in [2.24, 2.45) is 0 Å². The number of nitrogens with one attached hydrogen (secondary N) is 1. The summed E-state index contributed by atoms with van der Waals surface area (Å²) < 4.78 is 34.3. The molecule has 1 unspecified atom stereocenters. The van der Waals surface area contributed by atoms with E-state index in [1.165, 1.54) is 36.4 Å². The number of benzene rings is 2. The van der Waals surface area contributed by atoms with E-state index in [9.17, 15) is 18.4 Å². The average Bonchev–Trinajstić information content (AvgIpc) is 3.23. The first-order valence-electron chi connectivity index (χ1n) is 10.1. The Morgan fingerprint density at radius 1 is 1.13 bits per heavy atom. The summed E-state index contributed by atoms with van der Waals surface area (Å²) in [6.45, 7) is 1.58. The van der Waals surface area contributed by atoms with E-state index in [0.717, 1.165) is 18.4 Å². The highest BCUT2D eigenvalue weighted by molar-refractivity contribution is 5.97. The van der Waals surface area contributed by atoms with E-state index in [-0.39, 0.29) is 35.6 Å². The molecule has 1 heterocycles. The zero-order chi connectivity index (χ0) is 22.5. The fourth-order valence-electron chi connectivity index (χ4n) is 3.75. The highest BCUT2D eigenvalue weighted by Gasteiger charge is 2.30. The molecule has 1 saturated heterocycles. The molecule has 1 atom stereocenters. The summed E-state index contributed by atoms with van der Waals surface area (Å²) in [4.78, 5) is 27.1. The van der Waals surface area contributed by atoms with Gasteiger partial charge in [-0.1, -0.05) is 18.2 Å². The van der Waals surface area contributed by atoms with Gasteiger partial charge >= 0.3 is 6.61 Å². The first-order chi connectivity index (χ1) is 14.8. The van der Waals surface area contributed by atoms with Crippen molar-refractivity contribution in [3.8, 4) is 11.5 Å². The number of alkyl halides is 2. The van der Waals surface area contributed by atoms with Crippen LogP contribution in [0, 0.1) is 13.8 Å². The molecule has 0 saturated carbocycles. The van der Waals surface area contributed by atoms with Crippen LogP contribution in [0.3, 0.4) is 0 Å². The first-order valence-corrected chi connectivity index (χ1v) is 10.1. The molecule has 1 aliphatic heterocycles. The van der Waals surface area contributed by atoms with Crippen LogP contribution in [0.15, 0.2) is 36.4 Å². The third kappa shape index (κ3) is 5.31. The van der Waals surface area contributed by atoms with Gasteiger partial charge in [0.25, 0.3) is 5.91 Å². The Labute approximate surface area is 180 Å². The van der Waals surface area contributed by atoms with E-state index in [1.807, 2.05) is 19.9 Å². The highest BCUT2D eigenvalue weighted by Crippen LogP contribution is 2.33. The van der Waals surface area contributed by atoms with Crippen LogP contribution >= 0.6 is 0 Å². The van der Waals surface area contributed by atoms with Crippen molar-refractivity contribution in [1.82, 2.24) is 10.2 Å². The number of methoxy groups -OCH3 is 1. The maximum absolute atomic E-state index is 12.8. The van der Waals surface area contributed by atoms with Gasteiger partial charge in [0.1, 0.15) is 0 Å². The Kier molecular flexibility index (Phi) is 7.09. The van der Waals surface area contributed by atoms with Gasteiger partial charge in [0.15, 0.2) is 11.5 Å². The van der Waals surface area contributed by atoms with Gasteiger partial charge in [-0.25, -0.2) is 0 Å². The lowest BCUT2D eigenvalue weighted by Crippen LogP contribution is -2.39. The molecule has 166 valence electrons. The second kappa shape index (κ2) is 9.76. The van der Waals surface area contributed by atoms with E-state index in [2.05, 4.69) is 22.2 Å². The van der Waals surface area contributed by atoms with Crippen LogP contribution in [-0.4, -0.2) is 43.5 Å². The zero-order valence-electron chi connectivity index (χ0n) is 17.8. The predicted octanol–water partition coefficient (Wildman–Crippen LogP) is 4.01. The number of hydrogen-bond acceptors (Lipinski definition) is 4. The molecule has 2 amide bonds. The maximum atomic E-state index is 12.8. The molecule has 2 aromatic rings. The third-order valence-corrected chi connectivity index (χ3v) is 5.53. The van der Waals surface area contributed by atoms with Crippen molar-refractivity contribution in [2.75, 3.05) is 20.2 Å². The molecule has 3 rings (SSSR count). The number of halogens is 2. The van der Waals surface area contributed by atoms with Crippen LogP contribution in [-0.2, 0) is 4.79 Å². The molecule has 0 aliphatic carbocycles. The van der Waals surface area contributed by atoms with Gasteiger partial charge in [-0.3, -0.25) is 9.59 Å². The van der Waals surface area contributed by atoms with Crippen molar-refractivity contribution in [1.29, 1.82) is 0 Å². The smallest absolute Gasteiger partial charge is 0.387 e. The van der Waals surface area contributed by atoms with E-state index in [1.54, 1.807) is 4.90 Å². The number of amides is 2. The van der Waals surface area contributed by atoms with Gasteiger partial charge in [0.2, 0.25) is 5.91 Å². The van der Waals surface area contributed by atoms with Crippen molar-refractivity contribution < 1.29 is 27.8 Å². The van der Waals surface area contributed by atoms with E-state index >= 15 is 0 Å². The van der Waals surface area contributed by atoms with Crippen LogP contribution in [0.2, 0.25) is 0 Å². The Hall–Kier alpha value is -3.16. The molecule has 0 aromatic heterocycles. The van der Waals surface area contributed by atoms with Gasteiger partial charge in [-0.2, -0.15) is 8.78 Å². The maximum Gasteiger partial charge on any atom is 0.387 e. The fraction of sp³-hybridized carbons (Fsp3) is 0.391. The van der Waals surface area contributed by atoms with Crippen molar-refractivity contribution in [3.05, 3.63) is 58.7 Å². The summed E-state index contributed by atoms with van der Waals surface area (Å²) in [7, 11) is 1.29. The quantitative estimate of drug-likeness (QED) is 0.718. The molecule has 1 aliphatic rings. The molecule has 0 bridgehead atoms. The normalized spacial score (nSPS) is 15.8. The molecule has 0 spiro atoms. The van der Waals surface area contributed by atoms with Crippen LogP contribution < -0.4 is 14.8 Å². The summed E-state index contributed by atoms with van der Waals surface area (Å²) in [6, 6.07) is 10.1. The van der Waals surface area contributed by atoms with Gasteiger partial charge in [-0.15, -0.1) is 0 Å². The SMILES string of the molecule is COc1cc(C(=O)NCC(=O)N2CCCC2c2ccc(C)c(C)c2)ccc1OC(F)F. The zero-order valence-corrected chi connectivity index (χ0v) is 17.8. The molecular weight excluding hydrogens is 406 g/mol. The summed E-state index contributed by atoms with van der Waals surface area (Å²) in [5.74, 6) is -0.831. The number of likely N-dealkylation sites (tertiary alicyclic amines) is 1. The minimum absolute atomic E-state index is 0.00502. The van der Waals surface area contributed by atoms with Crippen LogP contribution in [0.1, 0.15) is 45.9 Å². The number of hydrogen-bond donors (Lipinski definition) is 1. The lowest BCUT2D eigenvalue weighted by atomic mass is 9.99. The van der Waals surface area contributed by atoms with Gasteiger partial charge in [0, 0.05) is 12.1 Å². The topological polar surface area (TPSA) is 67.9 Å². The Morgan fingerprint density at radius 3 is 2.58 bits per heavy atom. The predicted molar refractivity (Wildman–Crippen MR) is 112 cm³/mol. The molecule has 31 heavy (non-hydrogen) atoms. The lowest BCUT2D eigenvalue weighted by molar-refractivity contribution is -0.131. The number of ether oxygens (including phenoxy) is 2. The minimum atomic E-state index is -3.00. The Morgan fingerprint density at radius 2 is 1.90 bits per heavy atom. The van der Waals surface area contributed by atoms with E-state index < -0.39 is 12.5 Å².